The number of H-pyrrole nitrogens is 1. The number of aliphatic hydroxyl groups is 1. The van der Waals surface area contributed by atoms with Crippen molar-refractivity contribution in [2.45, 2.75) is 38.3 Å². The average Bonchev–Trinajstić information content (AvgIpc) is 3.34. The maximum Gasteiger partial charge on any atom is 0.224 e. The van der Waals surface area contributed by atoms with E-state index in [-0.39, 0.29) is 17.2 Å². The number of amides is 1. The van der Waals surface area contributed by atoms with Crippen LogP contribution in [0.25, 0.3) is 11.0 Å². The molecule has 3 aromatic rings. The molecule has 3 aromatic heterocycles. The summed E-state index contributed by atoms with van der Waals surface area (Å²) in [5.74, 6) is 0.293. The van der Waals surface area contributed by atoms with Gasteiger partial charge in [0, 0.05) is 25.2 Å². The van der Waals surface area contributed by atoms with Crippen molar-refractivity contribution < 1.29 is 14.3 Å². The highest BCUT2D eigenvalue weighted by Crippen LogP contribution is 2.56. The van der Waals surface area contributed by atoms with Crippen LogP contribution in [-0.2, 0) is 4.79 Å². The first-order valence-electron chi connectivity index (χ1n) is 10.6. The minimum absolute atomic E-state index is 0.0414. The Morgan fingerprint density at radius 1 is 1.32 bits per heavy atom. The van der Waals surface area contributed by atoms with E-state index in [2.05, 4.69) is 30.2 Å². The lowest BCUT2D eigenvalue weighted by atomic mass is 9.81. The molecule has 0 radical (unpaired) electrons. The molecule has 4 heterocycles. The van der Waals surface area contributed by atoms with Crippen molar-refractivity contribution in [3.63, 3.8) is 0 Å². The van der Waals surface area contributed by atoms with Crippen LogP contribution >= 0.6 is 0 Å². The van der Waals surface area contributed by atoms with Gasteiger partial charge in [-0.15, -0.1) is 0 Å². The first-order chi connectivity index (χ1) is 15.0. The largest absolute Gasteiger partial charge is 0.385 e. The minimum atomic E-state index is -0.998. The van der Waals surface area contributed by atoms with Gasteiger partial charge in [0.25, 0.3) is 0 Å². The van der Waals surface area contributed by atoms with E-state index in [0.29, 0.717) is 5.69 Å². The van der Waals surface area contributed by atoms with Crippen LogP contribution in [0.3, 0.4) is 0 Å². The smallest absolute Gasteiger partial charge is 0.224 e. The second-order valence-electron chi connectivity index (χ2n) is 8.71. The zero-order valence-corrected chi connectivity index (χ0v) is 17.3. The molecule has 31 heavy (non-hydrogen) atoms. The summed E-state index contributed by atoms with van der Waals surface area (Å²) in [5, 5.41) is 14.5. The Bertz CT molecular complexity index is 1100. The van der Waals surface area contributed by atoms with Gasteiger partial charge in [-0.25, -0.2) is 14.4 Å². The van der Waals surface area contributed by atoms with E-state index in [0.717, 1.165) is 55.4 Å². The molecule has 3 atom stereocenters. The van der Waals surface area contributed by atoms with Gasteiger partial charge in [0.2, 0.25) is 5.91 Å². The first-order valence-corrected chi connectivity index (χ1v) is 10.6. The summed E-state index contributed by atoms with van der Waals surface area (Å²) < 4.78 is 13.1. The molecular formula is C22H25FN6O2. The number of hydrogen-bond donors (Lipinski definition) is 3. The van der Waals surface area contributed by atoms with E-state index in [9.17, 15) is 14.3 Å². The van der Waals surface area contributed by atoms with Crippen LogP contribution in [0.15, 0.2) is 36.9 Å². The first kappa shape index (κ1) is 19.9. The van der Waals surface area contributed by atoms with Crippen LogP contribution < -0.4 is 10.2 Å². The van der Waals surface area contributed by atoms with E-state index in [4.69, 9.17) is 0 Å². The number of fused-ring (bicyclic) bond motifs is 1. The van der Waals surface area contributed by atoms with Gasteiger partial charge in [-0.2, -0.15) is 0 Å². The minimum Gasteiger partial charge on any atom is -0.385 e. The number of rotatable bonds is 5. The maximum absolute atomic E-state index is 13.1. The van der Waals surface area contributed by atoms with Gasteiger partial charge in [-0.05, 0) is 49.8 Å². The standard InChI is InChI=1S/C22H25FN6O2/c1-13(18(30)17-3-2-14(23)10-25-17)28-21(31)16-5-9-29(11-22(16)6-7-22)20-15-4-8-24-19(15)26-12-27-20/h2-4,8,10,12-13,16,18,30H,5-7,9,11H2,1H3,(H,28,31)(H,24,26,27)/t13-,16+,18-/m0/s1. The summed E-state index contributed by atoms with van der Waals surface area (Å²) in [6, 6.07) is 4.15. The number of pyridine rings is 1. The number of hydrogen-bond acceptors (Lipinski definition) is 6. The molecule has 2 fully saturated rings. The summed E-state index contributed by atoms with van der Waals surface area (Å²) in [4.78, 5) is 31.2. The number of nitrogens with one attached hydrogen (secondary N) is 2. The fraction of sp³-hybridized carbons (Fsp3) is 0.455. The summed E-state index contributed by atoms with van der Waals surface area (Å²) in [6.07, 6.45) is 6.22. The Hall–Kier alpha value is -3.07. The molecule has 1 aliphatic heterocycles. The number of aromatic amines is 1. The normalized spacial score (nSPS) is 21.8. The van der Waals surface area contributed by atoms with Crippen molar-refractivity contribution in [1.29, 1.82) is 0 Å². The van der Waals surface area contributed by atoms with Crippen LogP contribution in [0.1, 0.15) is 38.0 Å². The maximum atomic E-state index is 13.1. The molecule has 2 aliphatic rings. The van der Waals surface area contributed by atoms with Gasteiger partial charge in [-0.1, -0.05) is 0 Å². The zero-order valence-electron chi connectivity index (χ0n) is 17.3. The molecule has 1 saturated carbocycles. The van der Waals surface area contributed by atoms with Crippen LogP contribution in [0.5, 0.6) is 0 Å². The van der Waals surface area contributed by atoms with Crippen LogP contribution in [0.2, 0.25) is 0 Å². The topological polar surface area (TPSA) is 107 Å². The van der Waals surface area contributed by atoms with E-state index in [1.54, 1.807) is 13.3 Å². The number of halogens is 1. The molecule has 0 bridgehead atoms. The van der Waals surface area contributed by atoms with Gasteiger partial charge >= 0.3 is 0 Å². The number of carbonyl (C=O) groups excluding carboxylic acids is 1. The Labute approximate surface area is 178 Å². The highest BCUT2D eigenvalue weighted by Gasteiger charge is 2.55. The molecule has 9 heteroatoms. The van der Waals surface area contributed by atoms with E-state index in [1.807, 2.05) is 12.3 Å². The van der Waals surface area contributed by atoms with Crippen LogP contribution in [0.4, 0.5) is 10.2 Å². The molecule has 3 N–H and O–H groups in total. The number of carbonyl (C=O) groups is 1. The third kappa shape index (κ3) is 3.63. The van der Waals surface area contributed by atoms with Crippen molar-refractivity contribution in [2.75, 3.05) is 18.0 Å². The lowest BCUT2D eigenvalue weighted by Crippen LogP contribution is -2.50. The van der Waals surface area contributed by atoms with Crippen molar-refractivity contribution in [3.8, 4) is 0 Å². The molecule has 1 saturated heterocycles. The van der Waals surface area contributed by atoms with E-state index < -0.39 is 18.0 Å². The van der Waals surface area contributed by atoms with Crippen molar-refractivity contribution in [1.82, 2.24) is 25.3 Å². The quantitative estimate of drug-likeness (QED) is 0.580. The summed E-state index contributed by atoms with van der Waals surface area (Å²) in [7, 11) is 0. The number of anilines is 1. The SMILES string of the molecule is C[C@H](NC(=O)[C@H]1CCN(c2ncnc3[nH]ccc23)CC12CC2)[C@H](O)c1ccc(F)cn1. The molecule has 1 spiro atoms. The molecule has 5 rings (SSSR count). The van der Waals surface area contributed by atoms with Gasteiger partial charge < -0.3 is 20.3 Å². The Kier molecular flexibility index (Phi) is 4.85. The van der Waals surface area contributed by atoms with Crippen LogP contribution in [-0.4, -0.2) is 50.1 Å². The number of aromatic nitrogens is 4. The predicted octanol–water partition coefficient (Wildman–Crippen LogP) is 2.34. The van der Waals surface area contributed by atoms with E-state index in [1.165, 1.54) is 12.1 Å². The third-order valence-corrected chi connectivity index (χ3v) is 6.67. The van der Waals surface area contributed by atoms with Gasteiger partial charge in [0.1, 0.15) is 29.7 Å². The molecular weight excluding hydrogens is 399 g/mol. The lowest BCUT2D eigenvalue weighted by Gasteiger charge is -2.39. The highest BCUT2D eigenvalue weighted by atomic mass is 19.1. The van der Waals surface area contributed by atoms with Gasteiger partial charge in [0.15, 0.2) is 0 Å². The number of aliphatic hydroxyl groups excluding tert-OH is 1. The van der Waals surface area contributed by atoms with Crippen molar-refractivity contribution in [3.05, 3.63) is 48.4 Å². The average molecular weight is 424 g/mol. The summed E-state index contributed by atoms with van der Waals surface area (Å²) in [5.41, 5.74) is 1.09. The zero-order chi connectivity index (χ0) is 21.6. The Morgan fingerprint density at radius 3 is 2.90 bits per heavy atom. The molecule has 1 aliphatic carbocycles. The summed E-state index contributed by atoms with van der Waals surface area (Å²) in [6.45, 7) is 3.25. The van der Waals surface area contributed by atoms with E-state index >= 15 is 0 Å². The molecule has 0 aromatic carbocycles. The second kappa shape index (κ2) is 7.56. The lowest BCUT2D eigenvalue weighted by molar-refractivity contribution is -0.129. The predicted molar refractivity (Wildman–Crippen MR) is 113 cm³/mol. The van der Waals surface area contributed by atoms with Crippen molar-refractivity contribution >= 4 is 22.8 Å². The number of piperidine rings is 1. The number of nitrogens with zero attached hydrogens (tertiary/aromatic N) is 4. The fourth-order valence-electron chi connectivity index (χ4n) is 4.75. The monoisotopic (exact) mass is 424 g/mol. The van der Waals surface area contributed by atoms with Gasteiger partial charge in [-0.3, -0.25) is 9.78 Å². The van der Waals surface area contributed by atoms with Crippen molar-refractivity contribution in [2.24, 2.45) is 11.3 Å². The molecule has 162 valence electrons. The second-order valence-corrected chi connectivity index (χ2v) is 8.71. The Balaban J connectivity index is 1.27. The fourth-order valence-corrected chi connectivity index (χ4v) is 4.75. The van der Waals surface area contributed by atoms with Gasteiger partial charge in [0.05, 0.1) is 23.3 Å². The molecule has 1 amide bonds. The van der Waals surface area contributed by atoms with Crippen LogP contribution in [0, 0.1) is 17.2 Å². The summed E-state index contributed by atoms with van der Waals surface area (Å²) >= 11 is 0. The third-order valence-electron chi connectivity index (χ3n) is 6.67. The Morgan fingerprint density at radius 2 is 2.16 bits per heavy atom. The highest BCUT2D eigenvalue weighted by molar-refractivity contribution is 5.87. The molecule has 0 unspecified atom stereocenters. The molecule has 8 nitrogen and oxygen atoms in total.